The summed E-state index contributed by atoms with van der Waals surface area (Å²) in [5.41, 5.74) is 0. The number of amides is 2. The third-order valence-electron chi connectivity index (χ3n) is 3.18. The molecule has 0 aromatic heterocycles. The van der Waals surface area contributed by atoms with Gasteiger partial charge in [-0.2, -0.15) is 0 Å². The molecule has 0 saturated carbocycles. The van der Waals surface area contributed by atoms with Gasteiger partial charge >= 0.3 is 6.03 Å². The van der Waals surface area contributed by atoms with Crippen LogP contribution in [-0.4, -0.2) is 36.9 Å². The van der Waals surface area contributed by atoms with Crippen LogP contribution in [0.15, 0.2) is 36.4 Å². The minimum absolute atomic E-state index is 0.0497. The molecule has 2 amide bonds. The van der Waals surface area contributed by atoms with Gasteiger partial charge in [0, 0.05) is 24.6 Å². The average molecular weight is 294 g/mol. The lowest BCUT2D eigenvalue weighted by molar-refractivity contribution is 0.228. The quantitative estimate of drug-likeness (QED) is 0.549. The Balaban J connectivity index is 1.60. The van der Waals surface area contributed by atoms with E-state index in [9.17, 15) is 9.18 Å². The zero-order chi connectivity index (χ0) is 15.1. The van der Waals surface area contributed by atoms with Gasteiger partial charge in [-0.3, -0.25) is 0 Å². The fourth-order valence-electron chi connectivity index (χ4n) is 2.13. The summed E-state index contributed by atoms with van der Waals surface area (Å²) in [5, 5.41) is 14.4. The molecule has 0 aliphatic heterocycles. The van der Waals surface area contributed by atoms with Gasteiger partial charge in [0.05, 0.1) is 6.54 Å². The molecule has 3 N–H and O–H groups in total. The van der Waals surface area contributed by atoms with Crippen molar-refractivity contribution < 1.29 is 19.0 Å². The molecule has 2 atom stereocenters. The van der Waals surface area contributed by atoms with Crippen molar-refractivity contribution in [3.63, 3.8) is 0 Å². The second kappa shape index (κ2) is 7.64. The third kappa shape index (κ3) is 5.07. The van der Waals surface area contributed by atoms with Crippen LogP contribution in [0.1, 0.15) is 6.42 Å². The van der Waals surface area contributed by atoms with Crippen molar-refractivity contribution in [3.05, 3.63) is 42.2 Å². The van der Waals surface area contributed by atoms with E-state index in [1.165, 1.54) is 12.1 Å². The van der Waals surface area contributed by atoms with Crippen LogP contribution in [0.5, 0.6) is 5.75 Å². The SMILES string of the molecule is O=C(NCCOc1cccc(F)c1)N[C@@H]1C=C[C@H](CO)C1. The van der Waals surface area contributed by atoms with Crippen molar-refractivity contribution in [2.45, 2.75) is 12.5 Å². The summed E-state index contributed by atoms with van der Waals surface area (Å²) in [4.78, 5) is 11.6. The first-order chi connectivity index (χ1) is 10.2. The maximum atomic E-state index is 12.9. The molecule has 0 unspecified atom stereocenters. The molecular formula is C15H19FN2O3. The molecule has 6 heteroatoms. The second-order valence-electron chi connectivity index (χ2n) is 4.88. The first-order valence-corrected chi connectivity index (χ1v) is 6.89. The predicted octanol–water partition coefficient (Wildman–Crippen LogP) is 1.44. The standard InChI is InChI=1S/C15H19FN2O3/c16-12-2-1-3-14(9-12)21-7-6-17-15(20)18-13-5-4-11(8-13)10-19/h1-5,9,11,13,19H,6-8,10H2,(H2,17,18,20)/t11-,13+/m0/s1. The van der Waals surface area contributed by atoms with E-state index in [4.69, 9.17) is 9.84 Å². The van der Waals surface area contributed by atoms with Crippen molar-refractivity contribution in [3.8, 4) is 5.75 Å². The average Bonchev–Trinajstić information content (AvgIpc) is 2.91. The lowest BCUT2D eigenvalue weighted by Gasteiger charge is -2.14. The first kappa shape index (κ1) is 15.3. The normalized spacial score (nSPS) is 20.3. The zero-order valence-corrected chi connectivity index (χ0v) is 11.6. The zero-order valence-electron chi connectivity index (χ0n) is 11.6. The Morgan fingerprint density at radius 3 is 3.00 bits per heavy atom. The fourth-order valence-corrected chi connectivity index (χ4v) is 2.13. The van der Waals surface area contributed by atoms with Gasteiger partial charge in [0.15, 0.2) is 0 Å². The molecular weight excluding hydrogens is 275 g/mol. The largest absolute Gasteiger partial charge is 0.492 e. The number of aliphatic hydroxyl groups excluding tert-OH is 1. The van der Waals surface area contributed by atoms with Gasteiger partial charge < -0.3 is 20.5 Å². The highest BCUT2D eigenvalue weighted by atomic mass is 19.1. The van der Waals surface area contributed by atoms with Gasteiger partial charge in [-0.1, -0.05) is 18.2 Å². The minimum atomic E-state index is -0.357. The third-order valence-corrected chi connectivity index (χ3v) is 3.18. The van der Waals surface area contributed by atoms with Crippen LogP contribution >= 0.6 is 0 Å². The van der Waals surface area contributed by atoms with Gasteiger partial charge in [-0.15, -0.1) is 0 Å². The van der Waals surface area contributed by atoms with E-state index in [1.807, 2.05) is 12.2 Å². The summed E-state index contributed by atoms with van der Waals surface area (Å²) in [6, 6.07) is 5.51. The van der Waals surface area contributed by atoms with Crippen LogP contribution in [0.3, 0.4) is 0 Å². The molecule has 1 aromatic carbocycles. The lowest BCUT2D eigenvalue weighted by atomic mass is 10.1. The van der Waals surface area contributed by atoms with Crippen LogP contribution in [-0.2, 0) is 0 Å². The molecule has 21 heavy (non-hydrogen) atoms. The van der Waals surface area contributed by atoms with Crippen molar-refractivity contribution >= 4 is 6.03 Å². The van der Waals surface area contributed by atoms with Crippen LogP contribution < -0.4 is 15.4 Å². The molecule has 0 fully saturated rings. The summed E-state index contributed by atoms with van der Waals surface area (Å²) in [6.45, 7) is 0.677. The number of carbonyl (C=O) groups excluding carboxylic acids is 1. The lowest BCUT2D eigenvalue weighted by Crippen LogP contribution is -2.42. The maximum absolute atomic E-state index is 12.9. The Hall–Kier alpha value is -2.08. The predicted molar refractivity (Wildman–Crippen MR) is 76.6 cm³/mol. The minimum Gasteiger partial charge on any atom is -0.492 e. The number of hydrogen-bond acceptors (Lipinski definition) is 3. The van der Waals surface area contributed by atoms with Gasteiger partial charge in [0.1, 0.15) is 18.2 Å². The molecule has 0 heterocycles. The number of carbonyl (C=O) groups is 1. The second-order valence-corrected chi connectivity index (χ2v) is 4.88. The van der Waals surface area contributed by atoms with Gasteiger partial charge in [0.25, 0.3) is 0 Å². The summed E-state index contributed by atoms with van der Waals surface area (Å²) in [5.74, 6) is 0.193. The summed E-state index contributed by atoms with van der Waals surface area (Å²) in [7, 11) is 0. The molecule has 114 valence electrons. The number of halogens is 1. The van der Waals surface area contributed by atoms with Gasteiger partial charge in [-0.05, 0) is 18.6 Å². The Morgan fingerprint density at radius 2 is 2.29 bits per heavy atom. The van der Waals surface area contributed by atoms with E-state index in [2.05, 4.69) is 10.6 Å². The number of hydrogen-bond donors (Lipinski definition) is 3. The number of nitrogens with one attached hydrogen (secondary N) is 2. The number of aliphatic hydroxyl groups is 1. The summed E-state index contributed by atoms with van der Waals surface area (Å²) >= 11 is 0. The Kier molecular flexibility index (Phi) is 5.57. The maximum Gasteiger partial charge on any atom is 0.315 e. The Morgan fingerprint density at radius 1 is 1.43 bits per heavy atom. The summed E-state index contributed by atoms with van der Waals surface area (Å²) < 4.78 is 18.2. The van der Waals surface area contributed by atoms with E-state index in [0.29, 0.717) is 18.7 Å². The fraction of sp³-hybridized carbons (Fsp3) is 0.400. The molecule has 1 aliphatic rings. The number of rotatable bonds is 6. The molecule has 0 radical (unpaired) electrons. The van der Waals surface area contributed by atoms with E-state index in [-0.39, 0.29) is 37.0 Å². The molecule has 5 nitrogen and oxygen atoms in total. The van der Waals surface area contributed by atoms with Crippen molar-refractivity contribution in [2.24, 2.45) is 5.92 Å². The van der Waals surface area contributed by atoms with E-state index in [0.717, 1.165) is 0 Å². The highest BCUT2D eigenvalue weighted by molar-refractivity contribution is 5.74. The Bertz CT molecular complexity index is 507. The van der Waals surface area contributed by atoms with Crippen LogP contribution in [0.25, 0.3) is 0 Å². The monoisotopic (exact) mass is 294 g/mol. The van der Waals surface area contributed by atoms with Gasteiger partial charge in [-0.25, -0.2) is 9.18 Å². The molecule has 0 bridgehead atoms. The topological polar surface area (TPSA) is 70.6 Å². The highest BCUT2D eigenvalue weighted by Gasteiger charge is 2.19. The van der Waals surface area contributed by atoms with E-state index >= 15 is 0 Å². The smallest absolute Gasteiger partial charge is 0.315 e. The van der Waals surface area contributed by atoms with Crippen LogP contribution in [0.2, 0.25) is 0 Å². The summed E-state index contributed by atoms with van der Waals surface area (Å²) in [6.07, 6.45) is 4.49. The van der Waals surface area contributed by atoms with Gasteiger partial charge in [0.2, 0.25) is 0 Å². The highest BCUT2D eigenvalue weighted by Crippen LogP contribution is 2.16. The molecule has 2 rings (SSSR count). The van der Waals surface area contributed by atoms with Crippen molar-refractivity contribution in [1.82, 2.24) is 10.6 Å². The Labute approximate surface area is 122 Å². The number of benzene rings is 1. The first-order valence-electron chi connectivity index (χ1n) is 6.89. The van der Waals surface area contributed by atoms with Crippen LogP contribution in [0.4, 0.5) is 9.18 Å². The molecule has 0 saturated heterocycles. The van der Waals surface area contributed by atoms with E-state index in [1.54, 1.807) is 12.1 Å². The molecule has 1 aliphatic carbocycles. The van der Waals surface area contributed by atoms with Crippen LogP contribution in [0, 0.1) is 11.7 Å². The number of ether oxygens (including phenoxy) is 1. The van der Waals surface area contributed by atoms with Crippen molar-refractivity contribution in [1.29, 1.82) is 0 Å². The van der Waals surface area contributed by atoms with E-state index < -0.39 is 0 Å². The number of urea groups is 1. The van der Waals surface area contributed by atoms with Crippen molar-refractivity contribution in [2.75, 3.05) is 19.8 Å². The molecule has 0 spiro atoms. The molecule has 1 aromatic rings.